The molecule has 0 atom stereocenters. The van der Waals surface area contributed by atoms with Gasteiger partial charge in [0.25, 0.3) is 5.91 Å². The summed E-state index contributed by atoms with van der Waals surface area (Å²) in [5.41, 5.74) is 1.57. The first kappa shape index (κ1) is 17.5. The Bertz CT molecular complexity index is 653. The number of carbonyl (C=O) groups excluding carboxylic acids is 2. The topological polar surface area (TPSA) is 64.6 Å². The molecule has 2 aromatic rings. The molecule has 0 aliphatic heterocycles. The van der Waals surface area contributed by atoms with Crippen LogP contribution < -0.4 is 10.1 Å². The highest BCUT2D eigenvalue weighted by molar-refractivity contribution is 5.94. The smallest absolute Gasteiger partial charge is 0.305 e. The van der Waals surface area contributed by atoms with Crippen molar-refractivity contribution < 1.29 is 19.1 Å². The Morgan fingerprint density at radius 1 is 1.00 bits per heavy atom. The van der Waals surface area contributed by atoms with Gasteiger partial charge >= 0.3 is 5.97 Å². The molecule has 5 nitrogen and oxygen atoms in total. The van der Waals surface area contributed by atoms with Gasteiger partial charge in [-0.1, -0.05) is 30.3 Å². The molecule has 0 spiro atoms. The lowest BCUT2D eigenvalue weighted by Gasteiger charge is -2.08. The second-order valence-electron chi connectivity index (χ2n) is 5.23. The van der Waals surface area contributed by atoms with E-state index < -0.39 is 0 Å². The number of hydrogen-bond acceptors (Lipinski definition) is 4. The summed E-state index contributed by atoms with van der Waals surface area (Å²) < 4.78 is 10.2. The van der Waals surface area contributed by atoms with Crippen molar-refractivity contribution in [2.24, 2.45) is 0 Å². The monoisotopic (exact) mass is 327 g/mol. The number of para-hydroxylation sites is 1. The van der Waals surface area contributed by atoms with E-state index in [0.29, 0.717) is 31.6 Å². The summed E-state index contributed by atoms with van der Waals surface area (Å²) in [5, 5.41) is 2.78. The predicted octanol–water partition coefficient (Wildman–Crippen LogP) is 2.95. The number of ether oxygens (including phenoxy) is 2. The van der Waals surface area contributed by atoms with E-state index >= 15 is 0 Å². The fraction of sp³-hybridized carbons (Fsp3) is 0.263. The zero-order valence-corrected chi connectivity index (χ0v) is 13.7. The highest BCUT2D eigenvalue weighted by Crippen LogP contribution is 2.12. The maximum Gasteiger partial charge on any atom is 0.305 e. The quantitative estimate of drug-likeness (QED) is 0.598. The molecule has 1 N–H and O–H groups in total. The Labute approximate surface area is 141 Å². The minimum Gasteiger partial charge on any atom is -0.489 e. The lowest BCUT2D eigenvalue weighted by atomic mass is 10.1. The largest absolute Gasteiger partial charge is 0.489 e. The Morgan fingerprint density at radius 3 is 2.38 bits per heavy atom. The molecule has 1 amide bonds. The van der Waals surface area contributed by atoms with Crippen LogP contribution in [0.15, 0.2) is 54.6 Å². The molecule has 0 aliphatic rings. The molecule has 126 valence electrons. The van der Waals surface area contributed by atoms with E-state index in [2.05, 4.69) is 10.1 Å². The van der Waals surface area contributed by atoms with E-state index in [-0.39, 0.29) is 11.9 Å². The van der Waals surface area contributed by atoms with Crippen molar-refractivity contribution in [1.82, 2.24) is 5.32 Å². The van der Waals surface area contributed by atoms with Gasteiger partial charge in [-0.3, -0.25) is 9.59 Å². The third-order valence-corrected chi connectivity index (χ3v) is 3.44. The van der Waals surface area contributed by atoms with Crippen molar-refractivity contribution in [1.29, 1.82) is 0 Å². The first-order valence-electron chi connectivity index (χ1n) is 7.81. The van der Waals surface area contributed by atoms with Gasteiger partial charge in [-0.2, -0.15) is 0 Å². The van der Waals surface area contributed by atoms with Crippen molar-refractivity contribution in [3.63, 3.8) is 0 Å². The van der Waals surface area contributed by atoms with Gasteiger partial charge in [0.2, 0.25) is 0 Å². The highest BCUT2D eigenvalue weighted by Gasteiger charge is 2.06. The van der Waals surface area contributed by atoms with Gasteiger partial charge in [-0.25, -0.2) is 0 Å². The molecule has 5 heteroatoms. The first-order chi connectivity index (χ1) is 11.7. The first-order valence-corrected chi connectivity index (χ1v) is 7.81. The van der Waals surface area contributed by atoms with Crippen molar-refractivity contribution in [3.05, 3.63) is 65.7 Å². The summed E-state index contributed by atoms with van der Waals surface area (Å²) in [5.74, 6) is 0.382. The Hall–Kier alpha value is -2.82. The molecule has 2 aromatic carbocycles. The standard InChI is InChI=1S/C19H21NO4/c1-23-18(21)8-5-13-20-19(22)16-11-9-15(10-12-16)14-24-17-6-3-2-4-7-17/h2-4,6-7,9-12H,5,8,13-14H2,1H3,(H,20,22). The summed E-state index contributed by atoms with van der Waals surface area (Å²) in [6.07, 6.45) is 0.855. The van der Waals surface area contributed by atoms with Crippen LogP contribution in [0.5, 0.6) is 5.75 Å². The zero-order chi connectivity index (χ0) is 17.2. The van der Waals surface area contributed by atoms with E-state index in [1.54, 1.807) is 12.1 Å². The molecule has 0 bridgehead atoms. The third kappa shape index (κ3) is 5.76. The van der Waals surface area contributed by atoms with Gasteiger partial charge in [0, 0.05) is 18.5 Å². The Kier molecular flexibility index (Phi) is 6.83. The van der Waals surface area contributed by atoms with Crippen LogP contribution in [0.2, 0.25) is 0 Å². The Balaban J connectivity index is 1.76. The van der Waals surface area contributed by atoms with E-state index in [4.69, 9.17) is 4.74 Å². The predicted molar refractivity (Wildman–Crippen MR) is 90.8 cm³/mol. The van der Waals surface area contributed by atoms with Crippen LogP contribution in [0.25, 0.3) is 0 Å². The SMILES string of the molecule is COC(=O)CCCNC(=O)c1ccc(COc2ccccc2)cc1. The fourth-order valence-electron chi connectivity index (χ4n) is 2.07. The van der Waals surface area contributed by atoms with E-state index in [9.17, 15) is 9.59 Å². The summed E-state index contributed by atoms with van der Waals surface area (Å²) in [4.78, 5) is 23.0. The molecule has 0 unspecified atom stereocenters. The van der Waals surface area contributed by atoms with Crippen LogP contribution in [0, 0.1) is 0 Å². The molecule has 0 heterocycles. The van der Waals surface area contributed by atoms with Crippen molar-refractivity contribution in [3.8, 4) is 5.75 Å². The van der Waals surface area contributed by atoms with Crippen LogP contribution in [0.4, 0.5) is 0 Å². The van der Waals surface area contributed by atoms with Gasteiger partial charge < -0.3 is 14.8 Å². The maximum atomic E-state index is 12.0. The van der Waals surface area contributed by atoms with Crippen LogP contribution >= 0.6 is 0 Å². The van der Waals surface area contributed by atoms with E-state index in [0.717, 1.165) is 11.3 Å². The zero-order valence-electron chi connectivity index (χ0n) is 13.7. The lowest BCUT2D eigenvalue weighted by molar-refractivity contribution is -0.140. The third-order valence-electron chi connectivity index (χ3n) is 3.44. The molecule has 0 aromatic heterocycles. The average Bonchev–Trinajstić information content (AvgIpc) is 2.64. The molecule has 2 rings (SSSR count). The van der Waals surface area contributed by atoms with Gasteiger partial charge in [0.15, 0.2) is 0 Å². The number of carbonyl (C=O) groups is 2. The summed E-state index contributed by atoms with van der Waals surface area (Å²) in [6.45, 7) is 0.887. The summed E-state index contributed by atoms with van der Waals surface area (Å²) >= 11 is 0. The van der Waals surface area contributed by atoms with Gasteiger partial charge in [0.1, 0.15) is 12.4 Å². The summed E-state index contributed by atoms with van der Waals surface area (Å²) in [6, 6.07) is 16.8. The van der Waals surface area contributed by atoms with Crippen LogP contribution in [0.1, 0.15) is 28.8 Å². The van der Waals surface area contributed by atoms with Crippen molar-refractivity contribution in [2.45, 2.75) is 19.4 Å². The van der Waals surface area contributed by atoms with Crippen LogP contribution in [-0.4, -0.2) is 25.5 Å². The maximum absolute atomic E-state index is 12.0. The molecular weight excluding hydrogens is 306 g/mol. The number of esters is 1. The van der Waals surface area contributed by atoms with Crippen LogP contribution in [0.3, 0.4) is 0 Å². The van der Waals surface area contributed by atoms with Crippen molar-refractivity contribution in [2.75, 3.05) is 13.7 Å². The molecule has 0 saturated heterocycles. The number of nitrogens with one attached hydrogen (secondary N) is 1. The number of methoxy groups -OCH3 is 1. The molecule has 0 aliphatic carbocycles. The highest BCUT2D eigenvalue weighted by atomic mass is 16.5. The fourth-order valence-corrected chi connectivity index (χ4v) is 2.07. The Morgan fingerprint density at radius 2 is 1.71 bits per heavy atom. The molecule has 0 saturated carbocycles. The normalized spacial score (nSPS) is 10.0. The van der Waals surface area contributed by atoms with Gasteiger partial charge in [0.05, 0.1) is 7.11 Å². The average molecular weight is 327 g/mol. The lowest BCUT2D eigenvalue weighted by Crippen LogP contribution is -2.25. The second-order valence-corrected chi connectivity index (χ2v) is 5.23. The molecule has 24 heavy (non-hydrogen) atoms. The number of benzene rings is 2. The molecule has 0 radical (unpaired) electrons. The van der Waals surface area contributed by atoms with Gasteiger partial charge in [-0.15, -0.1) is 0 Å². The molecule has 0 fully saturated rings. The van der Waals surface area contributed by atoms with Crippen molar-refractivity contribution >= 4 is 11.9 Å². The van der Waals surface area contributed by atoms with Crippen LogP contribution in [-0.2, 0) is 16.1 Å². The van der Waals surface area contributed by atoms with E-state index in [1.165, 1.54) is 7.11 Å². The second kappa shape index (κ2) is 9.35. The number of amides is 1. The minimum atomic E-state index is -0.271. The number of hydrogen-bond donors (Lipinski definition) is 1. The summed E-state index contributed by atoms with van der Waals surface area (Å²) in [7, 11) is 1.35. The van der Waals surface area contributed by atoms with E-state index in [1.807, 2.05) is 42.5 Å². The van der Waals surface area contributed by atoms with Gasteiger partial charge in [-0.05, 0) is 36.2 Å². The number of rotatable bonds is 8. The minimum absolute atomic E-state index is 0.157. The molecular formula is C19H21NO4.